The molecule has 6 aromatic carbocycles. The topological polar surface area (TPSA) is 35.5 Å². The molecule has 0 fully saturated rings. The van der Waals surface area contributed by atoms with Gasteiger partial charge in [-0.05, 0) is 57.6 Å². The van der Waals surface area contributed by atoms with Crippen molar-refractivity contribution >= 4 is 59.3 Å². The van der Waals surface area contributed by atoms with Crippen LogP contribution >= 0.6 is 7.92 Å². The maximum absolute atomic E-state index is 14.0. The third kappa shape index (κ3) is 8.64. The molecule has 0 aromatic heterocycles. The predicted molar refractivity (Wildman–Crippen MR) is 224 cm³/mol. The van der Waals surface area contributed by atoms with Crippen molar-refractivity contribution in [3.8, 4) is 0 Å². The van der Waals surface area contributed by atoms with E-state index in [1.165, 1.54) is 21.0 Å². The molecule has 0 amide bonds. The Bertz CT molecular complexity index is 1910. The van der Waals surface area contributed by atoms with E-state index in [2.05, 4.69) is 154 Å². The van der Waals surface area contributed by atoms with Gasteiger partial charge in [-0.25, -0.2) is 4.79 Å². The fourth-order valence-corrected chi connectivity index (χ4v) is 14.4. The monoisotopic (exact) mass is 722 g/mol. The van der Waals surface area contributed by atoms with Crippen LogP contribution in [0.5, 0.6) is 0 Å². The predicted octanol–water partition coefficient (Wildman–Crippen LogP) is 9.67. The second-order valence-corrected chi connectivity index (χ2v) is 20.9. The summed E-state index contributed by atoms with van der Waals surface area (Å²) in [5.74, 6) is -0.230. The Balaban J connectivity index is 1.04. The molecule has 52 heavy (non-hydrogen) atoms. The van der Waals surface area contributed by atoms with E-state index in [0.29, 0.717) is 12.2 Å². The van der Waals surface area contributed by atoms with Gasteiger partial charge in [-0.2, -0.15) is 0 Å². The zero-order valence-corrected chi connectivity index (χ0v) is 32.7. The molecule has 0 spiro atoms. The van der Waals surface area contributed by atoms with Crippen LogP contribution in [0.2, 0.25) is 5.04 Å². The number of rotatable bonds is 16. The third-order valence-electron chi connectivity index (χ3n) is 9.89. The molecule has 0 bridgehead atoms. The van der Waals surface area contributed by atoms with Crippen molar-refractivity contribution < 1.29 is 14.0 Å². The zero-order chi connectivity index (χ0) is 36.2. The van der Waals surface area contributed by atoms with Crippen molar-refractivity contribution in [3.05, 3.63) is 163 Å². The van der Waals surface area contributed by atoms with E-state index >= 15 is 0 Å². The Morgan fingerprint density at radius 1 is 0.538 bits per heavy atom. The summed E-state index contributed by atoms with van der Waals surface area (Å²) in [6.07, 6.45) is 6.31. The first-order valence-corrected chi connectivity index (χ1v) is 22.0. The number of unbranched alkanes of at least 4 members (excludes halogenated alkanes) is 5. The summed E-state index contributed by atoms with van der Waals surface area (Å²) < 4.78 is 13.1. The molecule has 3 nitrogen and oxygen atoms in total. The molecule has 0 saturated heterocycles. The Labute approximate surface area is 312 Å². The first-order valence-electron chi connectivity index (χ1n) is 18.7. The van der Waals surface area contributed by atoms with Gasteiger partial charge >= 0.3 is 5.97 Å². The fraction of sp³-hybridized carbons (Fsp3) is 0.255. The van der Waals surface area contributed by atoms with Gasteiger partial charge in [-0.1, -0.05) is 204 Å². The van der Waals surface area contributed by atoms with Gasteiger partial charge in [-0.3, -0.25) is 0 Å². The van der Waals surface area contributed by atoms with E-state index < -0.39 is 16.2 Å². The Hall–Kier alpha value is -4.34. The minimum Gasteiger partial charge on any atom is -0.462 e. The van der Waals surface area contributed by atoms with Crippen molar-refractivity contribution in [3.63, 3.8) is 0 Å². The van der Waals surface area contributed by atoms with Crippen LogP contribution in [0, 0.1) is 0 Å². The summed E-state index contributed by atoms with van der Waals surface area (Å²) in [4.78, 5) is 14.0. The third-order valence-corrected chi connectivity index (χ3v) is 17.4. The Morgan fingerprint density at radius 3 is 1.54 bits per heavy atom. The molecule has 6 rings (SSSR count). The number of carbonyl (C=O) groups is 1. The number of fused-ring (bicyclic) bond motifs is 1. The van der Waals surface area contributed by atoms with E-state index in [4.69, 9.17) is 9.16 Å². The maximum Gasteiger partial charge on any atom is 0.339 e. The lowest BCUT2D eigenvalue weighted by Crippen LogP contribution is -2.66. The fourth-order valence-electron chi connectivity index (χ4n) is 7.38. The van der Waals surface area contributed by atoms with E-state index in [0.717, 1.165) is 61.2 Å². The lowest BCUT2D eigenvalue weighted by atomic mass is 10.0. The first kappa shape index (κ1) is 37.4. The molecule has 0 aliphatic rings. The van der Waals surface area contributed by atoms with Crippen LogP contribution in [0.1, 0.15) is 69.7 Å². The van der Waals surface area contributed by atoms with Crippen molar-refractivity contribution in [2.24, 2.45) is 0 Å². The van der Waals surface area contributed by atoms with E-state index in [9.17, 15) is 4.79 Å². The Morgan fingerprint density at radius 2 is 1.00 bits per heavy atom. The molecule has 0 aliphatic heterocycles. The number of benzene rings is 6. The molecule has 0 N–H and O–H groups in total. The Kier molecular flexibility index (Phi) is 12.9. The van der Waals surface area contributed by atoms with E-state index in [1.807, 2.05) is 24.3 Å². The maximum atomic E-state index is 14.0. The average Bonchev–Trinajstić information content (AvgIpc) is 3.18. The molecular weight excluding hydrogens is 672 g/mol. The second kappa shape index (κ2) is 17.9. The smallest absolute Gasteiger partial charge is 0.339 e. The van der Waals surface area contributed by atoms with Crippen LogP contribution in [0.25, 0.3) is 10.8 Å². The van der Waals surface area contributed by atoms with E-state index in [-0.39, 0.29) is 11.0 Å². The zero-order valence-electron chi connectivity index (χ0n) is 30.8. The summed E-state index contributed by atoms with van der Waals surface area (Å²) >= 11 is 0. The lowest BCUT2D eigenvalue weighted by molar-refractivity contribution is 0.0501. The summed E-state index contributed by atoms with van der Waals surface area (Å²) in [5, 5.41) is 8.11. The van der Waals surface area contributed by atoms with Crippen molar-refractivity contribution in [1.82, 2.24) is 0 Å². The molecule has 5 heteroatoms. The van der Waals surface area contributed by atoms with Gasteiger partial charge in [0.25, 0.3) is 8.32 Å². The van der Waals surface area contributed by atoms with Crippen LogP contribution < -0.4 is 26.3 Å². The number of hydrogen-bond donors (Lipinski definition) is 0. The summed E-state index contributed by atoms with van der Waals surface area (Å²) in [5.41, 5.74) is 0.692. The minimum absolute atomic E-state index is 0.00896. The summed E-state index contributed by atoms with van der Waals surface area (Å²) in [7, 11) is -3.44. The average molecular weight is 723 g/mol. The molecule has 6 aromatic rings. The van der Waals surface area contributed by atoms with Gasteiger partial charge in [0.2, 0.25) is 0 Å². The molecule has 0 atom stereocenters. The first-order chi connectivity index (χ1) is 25.4. The normalized spacial score (nSPS) is 11.9. The second-order valence-electron chi connectivity index (χ2n) is 14.5. The summed E-state index contributed by atoms with van der Waals surface area (Å²) in [6.45, 7) is 8.18. The highest BCUT2D eigenvalue weighted by molar-refractivity contribution is 7.80. The van der Waals surface area contributed by atoms with Gasteiger partial charge in [0.15, 0.2) is 0 Å². The SMILES string of the molecule is CC(C)(C)[Si](OCCCCCCCCOC(=O)c1c(P(c2ccccc2)c2ccccc2)ccc2ccccc12)(c1ccccc1)c1ccccc1. The van der Waals surface area contributed by atoms with Crippen LogP contribution in [0.4, 0.5) is 0 Å². The minimum atomic E-state index is -2.49. The van der Waals surface area contributed by atoms with Crippen LogP contribution in [0.15, 0.2) is 158 Å². The van der Waals surface area contributed by atoms with Gasteiger partial charge in [0.05, 0.1) is 12.2 Å². The van der Waals surface area contributed by atoms with Crippen LogP contribution in [0.3, 0.4) is 0 Å². The van der Waals surface area contributed by atoms with Gasteiger partial charge in [-0.15, -0.1) is 0 Å². The lowest BCUT2D eigenvalue weighted by Gasteiger charge is -2.43. The highest BCUT2D eigenvalue weighted by atomic mass is 31.1. The van der Waals surface area contributed by atoms with Crippen LogP contribution in [-0.2, 0) is 9.16 Å². The van der Waals surface area contributed by atoms with E-state index in [1.54, 1.807) is 0 Å². The highest BCUT2D eigenvalue weighted by Crippen LogP contribution is 2.38. The van der Waals surface area contributed by atoms with Crippen molar-refractivity contribution in [2.75, 3.05) is 13.2 Å². The quantitative estimate of drug-likeness (QED) is 0.0432. The number of esters is 1. The largest absolute Gasteiger partial charge is 0.462 e. The number of carbonyl (C=O) groups excluding carboxylic acids is 1. The molecule has 0 aliphatic carbocycles. The summed E-state index contributed by atoms with van der Waals surface area (Å²) in [6, 6.07) is 55.3. The molecular formula is C47H51O3PSi. The molecule has 0 heterocycles. The van der Waals surface area contributed by atoms with Crippen molar-refractivity contribution in [2.45, 2.75) is 64.3 Å². The molecule has 0 radical (unpaired) electrons. The number of ether oxygens (including phenoxy) is 1. The molecule has 266 valence electrons. The van der Waals surface area contributed by atoms with Gasteiger partial charge in [0.1, 0.15) is 0 Å². The highest BCUT2D eigenvalue weighted by Gasteiger charge is 2.49. The van der Waals surface area contributed by atoms with Gasteiger partial charge in [0, 0.05) is 11.9 Å². The van der Waals surface area contributed by atoms with Gasteiger partial charge < -0.3 is 9.16 Å². The van der Waals surface area contributed by atoms with Crippen LogP contribution in [-0.4, -0.2) is 27.5 Å². The molecule has 0 saturated carbocycles. The number of hydrogen-bond acceptors (Lipinski definition) is 3. The van der Waals surface area contributed by atoms with Crippen molar-refractivity contribution in [1.29, 1.82) is 0 Å². The molecule has 0 unspecified atom stereocenters. The standard InChI is InChI=1S/C47H51O3PSi/c1-47(2,3)52(41-29-16-10-17-30-41,42-31-18-11-19-32-42)50-37-23-7-5-4-6-22-36-49-46(48)45-43-33-21-20-24-38(43)34-35-44(45)51(39-25-12-8-13-26-39)40-27-14-9-15-28-40/h8-21,24-35H,4-7,22-23,36-37H2,1-3H3.